The number of aliphatic hydroxyl groups is 1. The average Bonchev–Trinajstić information content (AvgIpc) is 2.89. The summed E-state index contributed by atoms with van der Waals surface area (Å²) in [5.74, 6) is 2.55. The molecule has 3 heteroatoms. The molecule has 0 amide bonds. The SMILES string of the molecule is CCO[C@H]1C[C@@]2(C)C(CC[C@H]3C4CCC[C@@]4(C)CC(=O)C32)C[C@@H]1O. The van der Waals surface area contributed by atoms with Crippen LogP contribution < -0.4 is 0 Å². The van der Waals surface area contributed by atoms with E-state index >= 15 is 0 Å². The highest BCUT2D eigenvalue weighted by Crippen LogP contribution is 2.65. The zero-order valence-corrected chi connectivity index (χ0v) is 15.6. The summed E-state index contributed by atoms with van der Waals surface area (Å²) in [6.45, 7) is 7.37. The molecule has 3 unspecified atom stereocenters. The van der Waals surface area contributed by atoms with Crippen LogP contribution in [0.15, 0.2) is 0 Å². The Morgan fingerprint density at radius 1 is 1.25 bits per heavy atom. The minimum absolute atomic E-state index is 0.0307. The molecular formula is C21H34O3. The lowest BCUT2D eigenvalue weighted by Gasteiger charge is -2.60. The molecule has 4 saturated carbocycles. The predicted molar refractivity (Wildman–Crippen MR) is 93.5 cm³/mol. The van der Waals surface area contributed by atoms with Gasteiger partial charge in [-0.15, -0.1) is 0 Å². The summed E-state index contributed by atoms with van der Waals surface area (Å²) < 4.78 is 5.87. The average molecular weight is 335 g/mol. The first kappa shape index (κ1) is 17.0. The van der Waals surface area contributed by atoms with E-state index in [9.17, 15) is 9.90 Å². The van der Waals surface area contributed by atoms with Crippen LogP contribution in [0.4, 0.5) is 0 Å². The maximum Gasteiger partial charge on any atom is 0.137 e. The standard InChI is InChI=1S/C21H34O3/c1-4-24-18-12-21(3)13(10-16(18)22)7-8-14-15-6-5-9-20(15,2)11-17(23)19(14)21/h13-16,18-19,22H,4-12H2,1-3H3/t13?,14-,15?,16-,18-,19?,20-,21-/m0/s1. The smallest absolute Gasteiger partial charge is 0.137 e. The Labute approximate surface area is 146 Å². The maximum atomic E-state index is 13.3. The van der Waals surface area contributed by atoms with E-state index in [0.717, 1.165) is 25.2 Å². The molecule has 0 aromatic heterocycles. The molecule has 3 nitrogen and oxygen atoms in total. The van der Waals surface area contributed by atoms with Crippen LogP contribution in [0.5, 0.6) is 0 Å². The third-order valence-electron chi connectivity index (χ3n) is 8.50. The summed E-state index contributed by atoms with van der Waals surface area (Å²) in [4.78, 5) is 13.3. The Bertz CT molecular complexity index is 517. The van der Waals surface area contributed by atoms with Gasteiger partial charge in [-0.05, 0) is 74.0 Å². The number of hydrogen-bond donors (Lipinski definition) is 1. The maximum absolute atomic E-state index is 13.3. The van der Waals surface area contributed by atoms with Crippen molar-refractivity contribution in [2.75, 3.05) is 6.61 Å². The molecule has 0 radical (unpaired) electrons. The fourth-order valence-electron chi connectivity index (χ4n) is 7.47. The zero-order valence-electron chi connectivity index (χ0n) is 15.6. The third-order valence-corrected chi connectivity index (χ3v) is 8.50. The molecule has 4 fully saturated rings. The first-order valence-corrected chi connectivity index (χ1v) is 10.2. The van der Waals surface area contributed by atoms with E-state index in [1.54, 1.807) is 0 Å². The van der Waals surface area contributed by atoms with Gasteiger partial charge in [-0.1, -0.05) is 20.3 Å². The number of aliphatic hydroxyl groups excluding tert-OH is 1. The molecule has 4 rings (SSSR count). The Balaban J connectivity index is 1.66. The number of rotatable bonds is 2. The fraction of sp³-hybridized carbons (Fsp3) is 0.952. The van der Waals surface area contributed by atoms with Gasteiger partial charge < -0.3 is 9.84 Å². The lowest BCUT2D eigenvalue weighted by Crippen LogP contribution is -2.59. The highest BCUT2D eigenvalue weighted by molar-refractivity contribution is 5.84. The highest BCUT2D eigenvalue weighted by atomic mass is 16.5. The van der Waals surface area contributed by atoms with E-state index in [1.165, 1.54) is 32.1 Å². The Morgan fingerprint density at radius 3 is 2.79 bits per heavy atom. The van der Waals surface area contributed by atoms with Crippen molar-refractivity contribution < 1.29 is 14.6 Å². The van der Waals surface area contributed by atoms with E-state index in [4.69, 9.17) is 4.74 Å². The number of hydrogen-bond acceptors (Lipinski definition) is 3. The van der Waals surface area contributed by atoms with Crippen molar-refractivity contribution in [2.45, 2.75) is 84.3 Å². The van der Waals surface area contributed by atoms with Crippen LogP contribution in [-0.2, 0) is 9.53 Å². The summed E-state index contributed by atoms with van der Waals surface area (Å²) in [6.07, 6.45) is 8.30. The van der Waals surface area contributed by atoms with Crippen molar-refractivity contribution in [1.29, 1.82) is 0 Å². The minimum Gasteiger partial charge on any atom is -0.390 e. The molecular weight excluding hydrogens is 300 g/mol. The summed E-state index contributed by atoms with van der Waals surface area (Å²) in [6, 6.07) is 0. The van der Waals surface area contributed by atoms with E-state index in [2.05, 4.69) is 13.8 Å². The van der Waals surface area contributed by atoms with Gasteiger partial charge in [-0.3, -0.25) is 4.79 Å². The number of ketones is 1. The van der Waals surface area contributed by atoms with E-state index in [0.29, 0.717) is 24.2 Å². The van der Waals surface area contributed by atoms with E-state index < -0.39 is 0 Å². The third kappa shape index (κ3) is 2.34. The lowest BCUT2D eigenvalue weighted by molar-refractivity contribution is -0.177. The first-order valence-electron chi connectivity index (χ1n) is 10.2. The van der Waals surface area contributed by atoms with Crippen LogP contribution in [0.1, 0.15) is 72.1 Å². The molecule has 4 aliphatic rings. The molecule has 4 aliphatic carbocycles. The van der Waals surface area contributed by atoms with Crippen LogP contribution in [0.25, 0.3) is 0 Å². The summed E-state index contributed by atoms with van der Waals surface area (Å²) in [5.41, 5.74) is 0.304. The van der Waals surface area contributed by atoms with E-state index in [1.807, 2.05) is 6.92 Å². The van der Waals surface area contributed by atoms with Gasteiger partial charge in [0.05, 0.1) is 12.2 Å². The van der Waals surface area contributed by atoms with Gasteiger partial charge in [0.15, 0.2) is 0 Å². The molecule has 0 heterocycles. The predicted octanol–water partition coefficient (Wildman–Crippen LogP) is 3.97. The molecule has 1 N–H and O–H groups in total. The van der Waals surface area contributed by atoms with Crippen molar-refractivity contribution in [3.63, 3.8) is 0 Å². The van der Waals surface area contributed by atoms with Crippen LogP contribution in [0, 0.1) is 34.5 Å². The van der Waals surface area contributed by atoms with Crippen molar-refractivity contribution in [3.05, 3.63) is 0 Å². The van der Waals surface area contributed by atoms with Crippen molar-refractivity contribution in [3.8, 4) is 0 Å². The number of fused-ring (bicyclic) bond motifs is 5. The van der Waals surface area contributed by atoms with Gasteiger partial charge in [0.2, 0.25) is 0 Å². The molecule has 0 bridgehead atoms. The van der Waals surface area contributed by atoms with Crippen molar-refractivity contribution in [2.24, 2.45) is 34.5 Å². The Morgan fingerprint density at radius 2 is 2.04 bits per heavy atom. The van der Waals surface area contributed by atoms with Crippen LogP contribution in [-0.4, -0.2) is 29.7 Å². The van der Waals surface area contributed by atoms with Crippen molar-refractivity contribution in [1.82, 2.24) is 0 Å². The monoisotopic (exact) mass is 334 g/mol. The van der Waals surface area contributed by atoms with Gasteiger partial charge in [0.1, 0.15) is 5.78 Å². The van der Waals surface area contributed by atoms with Crippen LogP contribution in [0.3, 0.4) is 0 Å². The summed E-state index contributed by atoms with van der Waals surface area (Å²) in [7, 11) is 0. The summed E-state index contributed by atoms with van der Waals surface area (Å²) in [5, 5.41) is 10.5. The normalized spacial score (nSPS) is 54.1. The second kappa shape index (κ2) is 5.81. The summed E-state index contributed by atoms with van der Waals surface area (Å²) >= 11 is 0. The molecule has 0 aromatic carbocycles. The molecule has 0 aromatic rings. The highest BCUT2D eigenvalue weighted by Gasteiger charge is 2.62. The molecule has 136 valence electrons. The molecule has 24 heavy (non-hydrogen) atoms. The molecule has 0 spiro atoms. The number of carbonyl (C=O) groups excluding carboxylic acids is 1. The van der Waals surface area contributed by atoms with Crippen molar-refractivity contribution >= 4 is 5.78 Å². The van der Waals surface area contributed by atoms with Gasteiger partial charge in [-0.25, -0.2) is 0 Å². The van der Waals surface area contributed by atoms with Gasteiger partial charge >= 0.3 is 0 Å². The van der Waals surface area contributed by atoms with Gasteiger partial charge in [0, 0.05) is 18.9 Å². The van der Waals surface area contributed by atoms with Crippen LogP contribution in [0.2, 0.25) is 0 Å². The molecule has 0 saturated heterocycles. The first-order chi connectivity index (χ1) is 11.4. The second-order valence-electron chi connectivity index (χ2n) is 9.72. The van der Waals surface area contributed by atoms with E-state index in [-0.39, 0.29) is 29.0 Å². The lowest BCUT2D eigenvalue weighted by atomic mass is 9.44. The minimum atomic E-state index is -0.352. The largest absolute Gasteiger partial charge is 0.390 e. The number of Topliss-reactive ketones (excluding diaryl/α,β-unsaturated/α-hetero) is 1. The fourth-order valence-corrected chi connectivity index (χ4v) is 7.47. The van der Waals surface area contributed by atoms with Gasteiger partial charge in [-0.2, -0.15) is 0 Å². The number of carbonyl (C=O) groups is 1. The second-order valence-corrected chi connectivity index (χ2v) is 9.72. The molecule has 0 aliphatic heterocycles. The topological polar surface area (TPSA) is 46.5 Å². The van der Waals surface area contributed by atoms with Gasteiger partial charge in [0.25, 0.3) is 0 Å². The number of ether oxygens (including phenoxy) is 1. The zero-order chi connectivity index (χ0) is 17.1. The Hall–Kier alpha value is -0.410. The van der Waals surface area contributed by atoms with Crippen LogP contribution >= 0.6 is 0 Å². The Kier molecular flexibility index (Phi) is 4.12. The molecule has 8 atom stereocenters. The quantitative estimate of drug-likeness (QED) is 0.831.